The zero-order valence-electron chi connectivity index (χ0n) is 7.11. The largest absolute Gasteiger partial charge is 0.487 e. The summed E-state index contributed by atoms with van der Waals surface area (Å²) in [4.78, 5) is 0. The molecule has 0 aliphatic heterocycles. The molecule has 0 bridgehead atoms. The van der Waals surface area contributed by atoms with Crippen molar-refractivity contribution in [1.82, 2.24) is 0 Å². The lowest BCUT2D eigenvalue weighted by molar-refractivity contribution is 0.427. The van der Waals surface area contributed by atoms with Gasteiger partial charge in [0, 0.05) is 5.39 Å². The highest BCUT2D eigenvalue weighted by Crippen LogP contribution is 2.27. The van der Waals surface area contributed by atoms with Gasteiger partial charge in [-0.25, -0.2) is 0 Å². The zero-order valence-corrected chi connectivity index (χ0v) is 8.74. The maximum atomic E-state index is 5.25. The van der Waals surface area contributed by atoms with Crippen molar-refractivity contribution in [3.63, 3.8) is 0 Å². The van der Waals surface area contributed by atoms with Crippen LogP contribution in [0.4, 0.5) is 0 Å². The van der Waals surface area contributed by atoms with Crippen molar-refractivity contribution in [2.75, 3.05) is 7.11 Å². The van der Waals surface area contributed by atoms with Crippen molar-refractivity contribution in [2.24, 2.45) is 0 Å². The summed E-state index contributed by atoms with van der Waals surface area (Å²) in [7, 11) is 1.66. The van der Waals surface area contributed by atoms with Crippen molar-refractivity contribution >= 4 is 34.3 Å². The van der Waals surface area contributed by atoms with Crippen molar-refractivity contribution in [1.29, 1.82) is 0 Å². The third-order valence-corrected chi connectivity index (χ3v) is 3.21. The Bertz CT molecular complexity index is 487. The van der Waals surface area contributed by atoms with Gasteiger partial charge in [-0.3, -0.25) is 0 Å². The minimum Gasteiger partial charge on any atom is -0.487 e. The first-order valence-corrected chi connectivity index (χ1v) is 5.10. The van der Waals surface area contributed by atoms with Crippen LogP contribution >= 0.6 is 23.6 Å². The van der Waals surface area contributed by atoms with Gasteiger partial charge in [-0.2, -0.15) is 0 Å². The summed E-state index contributed by atoms with van der Waals surface area (Å²) in [6, 6.07) is 10.1. The molecule has 1 aromatic heterocycles. The van der Waals surface area contributed by atoms with E-state index in [1.165, 1.54) is 11.3 Å². The minimum absolute atomic E-state index is 0.865. The van der Waals surface area contributed by atoms with Gasteiger partial charge < -0.3 is 4.74 Å². The zero-order chi connectivity index (χ0) is 9.26. The van der Waals surface area contributed by atoms with Crippen LogP contribution in [0.2, 0.25) is 0 Å². The predicted molar refractivity (Wildman–Crippen MR) is 59.2 cm³/mol. The first kappa shape index (κ1) is 8.66. The van der Waals surface area contributed by atoms with E-state index < -0.39 is 0 Å². The van der Waals surface area contributed by atoms with Gasteiger partial charge in [0.2, 0.25) is 0 Å². The number of rotatable bonds is 1. The Morgan fingerprint density at radius 3 is 2.85 bits per heavy atom. The van der Waals surface area contributed by atoms with Crippen LogP contribution in [0.3, 0.4) is 0 Å². The molecule has 1 heterocycles. The third-order valence-electron chi connectivity index (χ3n) is 1.85. The fraction of sp³-hybridized carbons (Fsp3) is 0.100. The summed E-state index contributed by atoms with van der Waals surface area (Å²) in [6.45, 7) is 0. The summed E-state index contributed by atoms with van der Waals surface area (Å²) in [5.41, 5.74) is 0. The van der Waals surface area contributed by atoms with Crippen LogP contribution < -0.4 is 4.74 Å². The van der Waals surface area contributed by atoms with E-state index in [0.717, 1.165) is 19.7 Å². The molecule has 0 aliphatic carbocycles. The van der Waals surface area contributed by atoms with Crippen LogP contribution in [0.5, 0.6) is 5.06 Å². The normalized spacial score (nSPS) is 10.2. The van der Waals surface area contributed by atoms with Crippen molar-refractivity contribution < 1.29 is 4.74 Å². The van der Waals surface area contributed by atoms with E-state index in [9.17, 15) is 0 Å². The van der Waals surface area contributed by atoms with Crippen LogP contribution in [-0.4, -0.2) is 7.11 Å². The molecule has 0 aliphatic rings. The Morgan fingerprint density at radius 2 is 2.08 bits per heavy atom. The summed E-state index contributed by atoms with van der Waals surface area (Å²) in [6.07, 6.45) is 0. The number of benzene rings is 1. The van der Waals surface area contributed by atoms with Gasteiger partial charge in [0.15, 0.2) is 5.06 Å². The maximum Gasteiger partial charge on any atom is 0.175 e. The van der Waals surface area contributed by atoms with Crippen LogP contribution in [0.1, 0.15) is 0 Å². The highest BCUT2D eigenvalue weighted by atomic mass is 32.1. The number of ether oxygens (including phenoxy) is 1. The van der Waals surface area contributed by atoms with E-state index in [0.29, 0.717) is 0 Å². The lowest BCUT2D eigenvalue weighted by Gasteiger charge is -2.00. The monoisotopic (exact) mass is 208 g/mol. The molecular weight excluding hydrogens is 200 g/mol. The van der Waals surface area contributed by atoms with E-state index in [1.807, 2.05) is 30.3 Å². The van der Waals surface area contributed by atoms with Crippen LogP contribution in [0.15, 0.2) is 30.3 Å². The van der Waals surface area contributed by atoms with Crippen molar-refractivity contribution in [3.05, 3.63) is 34.2 Å². The predicted octanol–water partition coefficient (Wildman–Crippen LogP) is 3.64. The minimum atomic E-state index is 0.865. The lowest BCUT2D eigenvalue weighted by atomic mass is 10.2. The maximum absolute atomic E-state index is 5.25. The molecular formula is C10H8OS2. The standard InChI is InChI=1S/C10H8OS2/c1-11-9-6-7-4-2-3-5-8(7)10(12)13-9/h2-6H,1H3. The first-order valence-electron chi connectivity index (χ1n) is 3.88. The van der Waals surface area contributed by atoms with Gasteiger partial charge in [-0.1, -0.05) is 47.8 Å². The molecule has 0 spiro atoms. The molecule has 0 saturated carbocycles. The van der Waals surface area contributed by atoms with Gasteiger partial charge in [0.1, 0.15) is 3.82 Å². The van der Waals surface area contributed by atoms with Crippen LogP contribution in [0, 0.1) is 3.82 Å². The van der Waals surface area contributed by atoms with E-state index in [4.69, 9.17) is 17.0 Å². The second-order valence-corrected chi connectivity index (χ2v) is 4.33. The van der Waals surface area contributed by atoms with Crippen molar-refractivity contribution in [3.8, 4) is 5.06 Å². The van der Waals surface area contributed by atoms with Crippen LogP contribution in [0.25, 0.3) is 10.8 Å². The Morgan fingerprint density at radius 1 is 1.31 bits per heavy atom. The fourth-order valence-electron chi connectivity index (χ4n) is 1.21. The van der Waals surface area contributed by atoms with Crippen LogP contribution in [-0.2, 0) is 0 Å². The molecule has 0 amide bonds. The Balaban J connectivity index is 2.85. The van der Waals surface area contributed by atoms with Gasteiger partial charge in [0.25, 0.3) is 0 Å². The van der Waals surface area contributed by atoms with E-state index in [1.54, 1.807) is 7.11 Å². The quantitative estimate of drug-likeness (QED) is 0.662. The number of methoxy groups -OCH3 is 1. The highest BCUT2D eigenvalue weighted by molar-refractivity contribution is 7.74. The van der Waals surface area contributed by atoms with Gasteiger partial charge in [0.05, 0.1) is 7.11 Å². The van der Waals surface area contributed by atoms with E-state index >= 15 is 0 Å². The molecule has 66 valence electrons. The topological polar surface area (TPSA) is 9.23 Å². The molecule has 0 unspecified atom stereocenters. The molecule has 0 N–H and O–H groups in total. The second kappa shape index (κ2) is 3.44. The summed E-state index contributed by atoms with van der Waals surface area (Å²) in [5.74, 6) is 0. The van der Waals surface area contributed by atoms with E-state index in [-0.39, 0.29) is 0 Å². The average Bonchev–Trinajstić information content (AvgIpc) is 2.18. The molecule has 13 heavy (non-hydrogen) atoms. The Kier molecular flexibility index (Phi) is 2.29. The number of fused-ring (bicyclic) bond motifs is 1. The van der Waals surface area contributed by atoms with Crippen molar-refractivity contribution in [2.45, 2.75) is 0 Å². The lowest BCUT2D eigenvalue weighted by Crippen LogP contribution is -1.80. The molecule has 0 atom stereocenters. The summed E-state index contributed by atoms with van der Waals surface area (Å²) in [5, 5.41) is 3.13. The first-order chi connectivity index (χ1) is 6.31. The molecule has 1 nitrogen and oxygen atoms in total. The molecule has 0 saturated heterocycles. The SMILES string of the molecule is COc1cc2ccccc2c(=S)s1. The molecule has 3 heteroatoms. The molecule has 2 aromatic rings. The molecule has 1 aromatic carbocycles. The highest BCUT2D eigenvalue weighted by Gasteiger charge is 1.98. The second-order valence-electron chi connectivity index (χ2n) is 2.64. The van der Waals surface area contributed by atoms with Gasteiger partial charge >= 0.3 is 0 Å². The van der Waals surface area contributed by atoms with Gasteiger partial charge in [-0.05, 0) is 11.5 Å². The molecule has 0 fully saturated rings. The summed E-state index contributed by atoms with van der Waals surface area (Å²) >= 11 is 6.75. The average molecular weight is 208 g/mol. The smallest absolute Gasteiger partial charge is 0.175 e. The molecule has 0 radical (unpaired) electrons. The van der Waals surface area contributed by atoms with E-state index in [2.05, 4.69) is 0 Å². The Labute approximate surface area is 85.6 Å². The summed E-state index contributed by atoms with van der Waals surface area (Å²) < 4.78 is 6.04. The number of hydrogen-bond acceptors (Lipinski definition) is 3. The number of hydrogen-bond donors (Lipinski definition) is 0. The Hall–Kier alpha value is -0.930. The van der Waals surface area contributed by atoms with Gasteiger partial charge in [-0.15, -0.1) is 0 Å². The fourth-order valence-corrected chi connectivity index (χ4v) is 2.39. The third kappa shape index (κ3) is 1.57. The molecule has 2 rings (SSSR count).